The second-order valence-corrected chi connectivity index (χ2v) is 7.09. The van der Waals surface area contributed by atoms with Gasteiger partial charge in [-0.05, 0) is 29.5 Å². The average molecular weight is 308 g/mol. The zero-order valence-corrected chi connectivity index (χ0v) is 13.4. The fraction of sp³-hybridized carbons (Fsp3) is 0.316. The van der Waals surface area contributed by atoms with Gasteiger partial charge in [0.2, 0.25) is 0 Å². The standard InChI is InChI=1S/C19H20N2O2/c1-19(2)10-15-18(16(22)11-19)21(17-8-5-9-23-17)12-13-6-3-4-7-14(13)20-15/h3-9,20H,10-12H2,1-2H3. The molecule has 4 rings (SSSR count). The van der Waals surface area contributed by atoms with Crippen LogP contribution in [0.4, 0.5) is 11.6 Å². The Morgan fingerprint density at radius 2 is 1.96 bits per heavy atom. The van der Waals surface area contributed by atoms with E-state index in [2.05, 4.69) is 31.3 Å². The zero-order chi connectivity index (χ0) is 16.0. The predicted octanol–water partition coefficient (Wildman–Crippen LogP) is 4.31. The first-order valence-corrected chi connectivity index (χ1v) is 7.96. The van der Waals surface area contributed by atoms with Crippen molar-refractivity contribution in [1.29, 1.82) is 0 Å². The third kappa shape index (κ3) is 2.44. The van der Waals surface area contributed by atoms with Gasteiger partial charge in [-0.15, -0.1) is 0 Å². The van der Waals surface area contributed by atoms with E-state index in [0.29, 0.717) is 18.8 Å². The molecule has 0 saturated heterocycles. The molecule has 0 spiro atoms. The molecule has 4 heteroatoms. The molecule has 2 heterocycles. The van der Waals surface area contributed by atoms with Gasteiger partial charge in [0.25, 0.3) is 0 Å². The molecule has 2 aromatic rings. The number of hydrogen-bond donors (Lipinski definition) is 1. The molecule has 0 atom stereocenters. The molecule has 0 amide bonds. The van der Waals surface area contributed by atoms with E-state index in [9.17, 15) is 4.79 Å². The predicted molar refractivity (Wildman–Crippen MR) is 90.0 cm³/mol. The Balaban J connectivity index is 1.88. The Kier molecular flexibility index (Phi) is 3.08. The highest BCUT2D eigenvalue weighted by atomic mass is 16.3. The molecule has 23 heavy (non-hydrogen) atoms. The van der Waals surface area contributed by atoms with Crippen LogP contribution in [0.3, 0.4) is 0 Å². The van der Waals surface area contributed by atoms with Gasteiger partial charge in [0, 0.05) is 23.9 Å². The number of allylic oxidation sites excluding steroid dienone is 2. The topological polar surface area (TPSA) is 45.5 Å². The first-order valence-electron chi connectivity index (χ1n) is 7.96. The van der Waals surface area contributed by atoms with Crippen LogP contribution in [0.5, 0.6) is 0 Å². The number of rotatable bonds is 1. The maximum absolute atomic E-state index is 12.9. The van der Waals surface area contributed by atoms with Gasteiger partial charge in [0.15, 0.2) is 11.7 Å². The Morgan fingerprint density at radius 3 is 2.74 bits per heavy atom. The summed E-state index contributed by atoms with van der Waals surface area (Å²) >= 11 is 0. The van der Waals surface area contributed by atoms with E-state index in [0.717, 1.165) is 29.1 Å². The maximum Gasteiger partial charge on any atom is 0.200 e. The number of hydrogen-bond acceptors (Lipinski definition) is 4. The second-order valence-electron chi connectivity index (χ2n) is 7.09. The lowest BCUT2D eigenvalue weighted by Gasteiger charge is -2.34. The molecule has 1 aromatic carbocycles. The lowest BCUT2D eigenvalue weighted by Crippen LogP contribution is -2.35. The Bertz CT molecular complexity index is 787. The molecule has 0 bridgehead atoms. The van der Waals surface area contributed by atoms with E-state index in [1.807, 2.05) is 29.2 Å². The summed E-state index contributed by atoms with van der Waals surface area (Å²) in [5, 5.41) is 3.51. The van der Waals surface area contributed by atoms with Gasteiger partial charge in [-0.3, -0.25) is 4.79 Å². The van der Waals surface area contributed by atoms with E-state index in [1.54, 1.807) is 6.26 Å². The number of carbonyl (C=O) groups excluding carboxylic acids is 1. The van der Waals surface area contributed by atoms with Crippen molar-refractivity contribution >= 4 is 17.4 Å². The molecule has 2 aliphatic rings. The minimum atomic E-state index is -0.0307. The number of nitrogens with zero attached hydrogens (tertiary/aromatic N) is 1. The number of anilines is 2. The maximum atomic E-state index is 12.9. The van der Waals surface area contributed by atoms with Crippen molar-refractivity contribution in [3.8, 4) is 0 Å². The van der Waals surface area contributed by atoms with Crippen LogP contribution in [-0.2, 0) is 11.3 Å². The number of benzene rings is 1. The summed E-state index contributed by atoms with van der Waals surface area (Å²) in [6.45, 7) is 4.91. The van der Waals surface area contributed by atoms with Gasteiger partial charge in [-0.2, -0.15) is 0 Å². The summed E-state index contributed by atoms with van der Waals surface area (Å²) in [5.74, 6) is 0.886. The Labute approximate surface area is 135 Å². The molecule has 0 unspecified atom stereocenters. The highest BCUT2D eigenvalue weighted by Crippen LogP contribution is 2.42. The Morgan fingerprint density at radius 1 is 1.13 bits per heavy atom. The van der Waals surface area contributed by atoms with E-state index >= 15 is 0 Å². The number of Topliss-reactive ketones (excluding diaryl/α,β-unsaturated/α-hetero) is 1. The van der Waals surface area contributed by atoms with Gasteiger partial charge in [0.1, 0.15) is 5.70 Å². The van der Waals surface area contributed by atoms with Gasteiger partial charge in [0.05, 0.1) is 12.8 Å². The minimum absolute atomic E-state index is 0.0307. The second kappa shape index (κ2) is 5.01. The van der Waals surface area contributed by atoms with Gasteiger partial charge < -0.3 is 14.6 Å². The monoisotopic (exact) mass is 308 g/mol. The van der Waals surface area contributed by atoms with Gasteiger partial charge in [-0.1, -0.05) is 32.0 Å². The van der Waals surface area contributed by atoms with E-state index in [1.165, 1.54) is 0 Å². The number of furan rings is 1. The molecule has 1 N–H and O–H groups in total. The average Bonchev–Trinajstić information content (AvgIpc) is 2.95. The van der Waals surface area contributed by atoms with Crippen LogP contribution in [0.2, 0.25) is 0 Å². The van der Waals surface area contributed by atoms with Crippen LogP contribution in [0, 0.1) is 5.41 Å². The van der Waals surface area contributed by atoms with E-state index < -0.39 is 0 Å². The summed E-state index contributed by atoms with van der Waals surface area (Å²) in [6, 6.07) is 12.0. The number of para-hydroxylation sites is 1. The van der Waals surface area contributed by atoms with E-state index in [-0.39, 0.29) is 11.2 Å². The summed E-state index contributed by atoms with van der Waals surface area (Å²) in [7, 11) is 0. The summed E-state index contributed by atoms with van der Waals surface area (Å²) in [4.78, 5) is 14.9. The SMILES string of the molecule is CC1(C)CC(=O)C2=C(C1)Nc1ccccc1CN2c1ccco1. The molecule has 118 valence electrons. The summed E-state index contributed by atoms with van der Waals surface area (Å²) < 4.78 is 5.60. The van der Waals surface area contributed by atoms with Crippen LogP contribution in [0.25, 0.3) is 0 Å². The zero-order valence-electron chi connectivity index (χ0n) is 13.4. The van der Waals surface area contributed by atoms with E-state index in [4.69, 9.17) is 4.42 Å². The van der Waals surface area contributed by atoms with Crippen LogP contribution in [0.1, 0.15) is 32.3 Å². The van der Waals surface area contributed by atoms with Crippen LogP contribution < -0.4 is 10.2 Å². The molecule has 0 fully saturated rings. The van der Waals surface area contributed by atoms with Crippen molar-refractivity contribution < 1.29 is 9.21 Å². The minimum Gasteiger partial charge on any atom is -0.448 e. The van der Waals surface area contributed by atoms with Crippen molar-refractivity contribution in [2.45, 2.75) is 33.2 Å². The normalized spacial score (nSPS) is 19.7. The number of nitrogens with one attached hydrogen (secondary N) is 1. The quantitative estimate of drug-likeness (QED) is 0.852. The molecular weight excluding hydrogens is 288 g/mol. The molecule has 0 saturated carbocycles. The molecule has 4 nitrogen and oxygen atoms in total. The fourth-order valence-electron chi connectivity index (χ4n) is 3.53. The number of fused-ring (bicyclic) bond motifs is 1. The van der Waals surface area contributed by atoms with Gasteiger partial charge in [-0.25, -0.2) is 0 Å². The molecule has 1 aromatic heterocycles. The number of ketones is 1. The van der Waals surface area contributed by atoms with Crippen molar-refractivity contribution in [1.82, 2.24) is 0 Å². The van der Waals surface area contributed by atoms with Crippen molar-refractivity contribution in [2.24, 2.45) is 5.41 Å². The highest BCUT2D eigenvalue weighted by molar-refractivity contribution is 6.01. The summed E-state index contributed by atoms with van der Waals surface area (Å²) in [5.41, 5.74) is 3.93. The Hall–Kier alpha value is -2.49. The lowest BCUT2D eigenvalue weighted by atomic mass is 9.77. The molecule has 1 aliphatic heterocycles. The first-order chi connectivity index (χ1) is 11.0. The van der Waals surface area contributed by atoms with Crippen molar-refractivity contribution in [3.63, 3.8) is 0 Å². The molecular formula is C19H20N2O2. The molecule has 1 aliphatic carbocycles. The fourth-order valence-corrected chi connectivity index (χ4v) is 3.53. The highest BCUT2D eigenvalue weighted by Gasteiger charge is 2.38. The van der Waals surface area contributed by atoms with Crippen LogP contribution in [-0.4, -0.2) is 5.78 Å². The largest absolute Gasteiger partial charge is 0.448 e. The van der Waals surface area contributed by atoms with Crippen molar-refractivity contribution in [3.05, 3.63) is 59.6 Å². The first kappa shape index (κ1) is 14.1. The molecule has 0 radical (unpaired) electrons. The van der Waals surface area contributed by atoms with Crippen LogP contribution >= 0.6 is 0 Å². The third-order valence-electron chi connectivity index (χ3n) is 4.52. The van der Waals surface area contributed by atoms with Gasteiger partial charge >= 0.3 is 0 Å². The summed E-state index contributed by atoms with van der Waals surface area (Å²) in [6.07, 6.45) is 3.05. The third-order valence-corrected chi connectivity index (χ3v) is 4.52. The van der Waals surface area contributed by atoms with Crippen molar-refractivity contribution in [2.75, 3.05) is 10.2 Å². The lowest BCUT2D eigenvalue weighted by molar-refractivity contribution is -0.118. The van der Waals surface area contributed by atoms with Crippen LogP contribution in [0.15, 0.2) is 58.5 Å². The smallest absolute Gasteiger partial charge is 0.200 e. The number of carbonyl (C=O) groups is 1.